The molecular weight excluding hydrogens is 388 g/mol. The number of sulfonamides is 1. The maximum absolute atomic E-state index is 13.5. The summed E-state index contributed by atoms with van der Waals surface area (Å²) in [6.45, 7) is 8.51. The van der Waals surface area contributed by atoms with Crippen LogP contribution in [0.1, 0.15) is 52.5 Å². The van der Waals surface area contributed by atoms with Crippen LogP contribution < -0.4 is 5.48 Å². The second kappa shape index (κ2) is 7.06. The minimum Gasteiger partial charge on any atom is -0.296 e. The summed E-state index contributed by atoms with van der Waals surface area (Å²) in [6, 6.07) is 8.76. The summed E-state index contributed by atoms with van der Waals surface area (Å²) in [5.74, 6) is 0.100. The van der Waals surface area contributed by atoms with E-state index in [1.165, 1.54) is 4.31 Å². The van der Waals surface area contributed by atoms with Crippen LogP contribution in [0.2, 0.25) is 0 Å². The van der Waals surface area contributed by atoms with Gasteiger partial charge in [0.2, 0.25) is 10.0 Å². The third-order valence-corrected chi connectivity index (χ3v) is 9.77. The fourth-order valence-electron chi connectivity index (χ4n) is 5.98. The van der Waals surface area contributed by atoms with Crippen LogP contribution in [0.15, 0.2) is 30.3 Å². The van der Waals surface area contributed by atoms with E-state index in [0.717, 1.165) is 24.8 Å². The molecule has 2 unspecified atom stereocenters. The van der Waals surface area contributed by atoms with Crippen molar-refractivity contribution in [2.75, 3.05) is 5.75 Å². The van der Waals surface area contributed by atoms with E-state index in [2.05, 4.69) is 19.3 Å². The summed E-state index contributed by atoms with van der Waals surface area (Å²) in [7, 11) is -3.63. The number of hydrogen-bond acceptors (Lipinski definition) is 5. The predicted octanol–water partition coefficient (Wildman–Crippen LogP) is 3.10. The number of hydroxylamine groups is 1. The monoisotopic (exact) mass is 420 g/mol. The quantitative estimate of drug-likeness (QED) is 0.716. The van der Waals surface area contributed by atoms with Gasteiger partial charge in [-0.2, -0.15) is 5.48 Å². The molecule has 1 heterocycles. The predicted molar refractivity (Wildman–Crippen MR) is 111 cm³/mol. The number of carbonyl (C=O) groups excluding carboxylic acids is 1. The van der Waals surface area contributed by atoms with Crippen molar-refractivity contribution < 1.29 is 18.0 Å². The first-order valence-electron chi connectivity index (χ1n) is 10.6. The van der Waals surface area contributed by atoms with Crippen LogP contribution in [0.4, 0.5) is 0 Å². The van der Waals surface area contributed by atoms with Gasteiger partial charge in [-0.25, -0.2) is 12.7 Å². The van der Waals surface area contributed by atoms with Crippen molar-refractivity contribution in [3.05, 3.63) is 35.9 Å². The van der Waals surface area contributed by atoms with Crippen molar-refractivity contribution in [1.29, 1.82) is 0 Å². The summed E-state index contributed by atoms with van der Waals surface area (Å²) in [5, 5.41) is 0. The van der Waals surface area contributed by atoms with Crippen LogP contribution in [0.25, 0.3) is 0 Å². The van der Waals surface area contributed by atoms with Gasteiger partial charge in [0.25, 0.3) is 5.91 Å². The molecule has 1 saturated heterocycles. The van der Waals surface area contributed by atoms with Gasteiger partial charge in [-0.15, -0.1) is 0 Å². The topological polar surface area (TPSA) is 75.7 Å². The highest BCUT2D eigenvalue weighted by molar-refractivity contribution is 7.90. The lowest BCUT2D eigenvalue weighted by molar-refractivity contribution is -0.138. The van der Waals surface area contributed by atoms with Gasteiger partial charge in [0.15, 0.2) is 0 Å². The van der Waals surface area contributed by atoms with Crippen molar-refractivity contribution in [3.63, 3.8) is 0 Å². The summed E-state index contributed by atoms with van der Waals surface area (Å²) >= 11 is 0. The minimum absolute atomic E-state index is 0.0513. The van der Waals surface area contributed by atoms with E-state index in [1.807, 2.05) is 44.2 Å². The highest BCUT2D eigenvalue weighted by atomic mass is 32.2. The van der Waals surface area contributed by atoms with Crippen LogP contribution in [0.3, 0.4) is 0 Å². The van der Waals surface area contributed by atoms with Crippen molar-refractivity contribution in [3.8, 4) is 0 Å². The van der Waals surface area contributed by atoms with Crippen LogP contribution in [-0.4, -0.2) is 36.5 Å². The van der Waals surface area contributed by atoms with Gasteiger partial charge in [-0.05, 0) is 42.1 Å². The van der Waals surface area contributed by atoms with Crippen LogP contribution in [0, 0.1) is 22.7 Å². The lowest BCUT2D eigenvalue weighted by atomic mass is 9.69. The first kappa shape index (κ1) is 20.8. The standard InChI is InChI=1S/C22H32N2O4S/c1-15(2)19(23-28-13-16-8-6-5-7-9-16)20(25)24-18-12-17-10-11-22(18,21(17,3)4)14-29(24,26)27/h5-9,15,17-19,23H,10-14H2,1-4H3/t17?,18?,19-,22+/m1/s1. The van der Waals surface area contributed by atoms with Gasteiger partial charge in [0.05, 0.1) is 18.4 Å². The number of amides is 1. The maximum atomic E-state index is 13.5. The molecule has 1 aliphatic heterocycles. The fourth-order valence-corrected chi connectivity index (χ4v) is 8.54. The lowest BCUT2D eigenvalue weighted by Crippen LogP contribution is -2.53. The molecule has 4 rings (SSSR count). The Kier molecular flexibility index (Phi) is 5.07. The minimum atomic E-state index is -3.63. The normalized spacial score (nSPS) is 32.5. The van der Waals surface area contributed by atoms with Gasteiger partial charge >= 0.3 is 0 Å². The molecule has 3 aliphatic rings. The SMILES string of the molecule is CC(C)[C@@H](NOCc1ccccc1)C(=O)N1C2CC3CC[C@@]2(CS1(=O)=O)C3(C)C. The molecule has 6 nitrogen and oxygen atoms in total. The summed E-state index contributed by atoms with van der Waals surface area (Å²) in [4.78, 5) is 19.1. The molecule has 1 aromatic rings. The smallest absolute Gasteiger partial charge is 0.256 e. The molecule has 160 valence electrons. The Morgan fingerprint density at radius 1 is 1.28 bits per heavy atom. The fraction of sp³-hybridized carbons (Fsp3) is 0.682. The van der Waals surface area contributed by atoms with Gasteiger partial charge in [0.1, 0.15) is 6.04 Å². The van der Waals surface area contributed by atoms with Crippen molar-refractivity contribution >= 4 is 15.9 Å². The second-order valence-corrected chi connectivity index (χ2v) is 11.7. The highest BCUT2D eigenvalue weighted by Crippen LogP contribution is 2.70. The van der Waals surface area contributed by atoms with Crippen LogP contribution >= 0.6 is 0 Å². The summed E-state index contributed by atoms with van der Waals surface area (Å²) < 4.78 is 27.5. The Morgan fingerprint density at radius 2 is 1.97 bits per heavy atom. The number of fused-ring (bicyclic) bond motifs is 1. The molecule has 1 amide bonds. The number of hydrogen-bond donors (Lipinski definition) is 1. The average molecular weight is 421 g/mol. The van der Waals surface area contributed by atoms with Crippen LogP contribution in [0.5, 0.6) is 0 Å². The molecule has 2 saturated carbocycles. The number of nitrogens with one attached hydrogen (secondary N) is 1. The Balaban J connectivity index is 1.53. The molecule has 0 radical (unpaired) electrons. The average Bonchev–Trinajstić information content (AvgIpc) is 3.13. The molecule has 1 N–H and O–H groups in total. The van der Waals surface area contributed by atoms with Gasteiger partial charge in [0, 0.05) is 5.41 Å². The van der Waals surface area contributed by atoms with Crippen LogP contribution in [-0.2, 0) is 26.3 Å². The molecule has 0 aromatic heterocycles. The molecule has 4 atom stereocenters. The molecule has 1 spiro atoms. The number of carbonyl (C=O) groups is 1. The summed E-state index contributed by atoms with van der Waals surface area (Å²) in [5.41, 5.74) is 3.49. The van der Waals surface area contributed by atoms with E-state index >= 15 is 0 Å². The van der Waals surface area contributed by atoms with Crippen molar-refractivity contribution in [1.82, 2.24) is 9.79 Å². The van der Waals surface area contributed by atoms with Gasteiger partial charge in [-0.3, -0.25) is 9.63 Å². The Bertz CT molecular complexity index is 883. The molecule has 7 heteroatoms. The van der Waals surface area contributed by atoms with E-state index in [-0.39, 0.29) is 34.4 Å². The Labute approximate surface area is 174 Å². The molecule has 1 aromatic carbocycles. The van der Waals surface area contributed by atoms with E-state index in [1.54, 1.807) is 0 Å². The third kappa shape index (κ3) is 3.13. The number of nitrogens with zero attached hydrogens (tertiary/aromatic N) is 1. The maximum Gasteiger partial charge on any atom is 0.256 e. The van der Waals surface area contributed by atoms with E-state index in [9.17, 15) is 13.2 Å². The van der Waals surface area contributed by atoms with Gasteiger partial charge in [-0.1, -0.05) is 58.0 Å². The molecule has 29 heavy (non-hydrogen) atoms. The van der Waals surface area contributed by atoms with Crippen molar-refractivity contribution in [2.24, 2.45) is 22.7 Å². The molecule has 3 fully saturated rings. The Hall–Kier alpha value is -1.44. The summed E-state index contributed by atoms with van der Waals surface area (Å²) in [6.07, 6.45) is 2.74. The largest absolute Gasteiger partial charge is 0.296 e. The van der Waals surface area contributed by atoms with Gasteiger partial charge < -0.3 is 0 Å². The molecular formula is C22H32N2O4S. The molecule has 2 aliphatic carbocycles. The highest BCUT2D eigenvalue weighted by Gasteiger charge is 2.72. The number of benzene rings is 1. The first-order chi connectivity index (χ1) is 13.6. The first-order valence-corrected chi connectivity index (χ1v) is 12.2. The zero-order chi connectivity index (χ0) is 21.0. The zero-order valence-corrected chi connectivity index (χ0v) is 18.5. The van der Waals surface area contributed by atoms with E-state index in [0.29, 0.717) is 12.5 Å². The van der Waals surface area contributed by atoms with Crippen molar-refractivity contribution in [2.45, 2.75) is 65.6 Å². The van der Waals surface area contributed by atoms with E-state index in [4.69, 9.17) is 4.84 Å². The lowest BCUT2D eigenvalue weighted by Gasteiger charge is -2.37. The third-order valence-electron chi connectivity index (χ3n) is 7.85. The molecule has 2 bridgehead atoms. The Morgan fingerprint density at radius 3 is 2.59 bits per heavy atom. The second-order valence-electron chi connectivity index (χ2n) is 9.87. The van der Waals surface area contributed by atoms with E-state index < -0.39 is 16.1 Å². The zero-order valence-electron chi connectivity index (χ0n) is 17.7. The number of rotatable bonds is 6.